The van der Waals surface area contributed by atoms with Gasteiger partial charge in [-0.15, -0.1) is 0 Å². The van der Waals surface area contributed by atoms with E-state index in [0.717, 1.165) is 70.9 Å². The van der Waals surface area contributed by atoms with Gasteiger partial charge >= 0.3 is 0 Å². The maximum absolute atomic E-state index is 9.22. The number of benzene rings is 1. The zero-order chi connectivity index (χ0) is 24.8. The summed E-state index contributed by atoms with van der Waals surface area (Å²) in [5, 5.41) is 14.2. The van der Waals surface area contributed by atoms with Crippen molar-refractivity contribution in [2.75, 3.05) is 13.1 Å². The highest BCUT2D eigenvalue weighted by Gasteiger charge is 2.29. The Morgan fingerprint density at radius 2 is 1.86 bits per heavy atom. The maximum Gasteiger partial charge on any atom is 0.179 e. The molecule has 8 heteroatoms. The zero-order valence-corrected chi connectivity index (χ0v) is 21.1. The molecule has 0 bridgehead atoms. The van der Waals surface area contributed by atoms with Crippen LogP contribution in [0.4, 0.5) is 0 Å². The Labute approximate surface area is 211 Å². The summed E-state index contributed by atoms with van der Waals surface area (Å²) in [6.45, 7) is 7.83. The van der Waals surface area contributed by atoms with Crippen LogP contribution in [0.5, 0.6) is 5.75 Å². The maximum atomic E-state index is 9.22. The number of piperidine rings is 1. The number of imidazole rings is 1. The number of hydrogen-bond donors (Lipinski definition) is 0. The molecule has 1 aromatic carbocycles. The SMILES string of the molecule is Cc1nn(C2CCN(C#N)CC2)c(C)c1-c1cc(OC(C)c2ccccn2)c2c(c1)ncn2C1CC1. The number of nitrogens with zero attached hydrogens (tertiary/aromatic N) is 7. The van der Waals surface area contributed by atoms with Crippen molar-refractivity contribution in [2.45, 2.75) is 64.6 Å². The van der Waals surface area contributed by atoms with Crippen LogP contribution >= 0.6 is 0 Å². The second-order valence-electron chi connectivity index (χ2n) is 10.0. The minimum absolute atomic E-state index is 0.192. The van der Waals surface area contributed by atoms with Crippen molar-refractivity contribution in [1.82, 2.24) is 29.2 Å². The van der Waals surface area contributed by atoms with Gasteiger partial charge in [0.2, 0.25) is 0 Å². The largest absolute Gasteiger partial charge is 0.482 e. The van der Waals surface area contributed by atoms with E-state index in [0.29, 0.717) is 12.1 Å². The smallest absolute Gasteiger partial charge is 0.179 e. The Bertz CT molecular complexity index is 1440. The molecule has 1 saturated heterocycles. The normalized spacial score (nSPS) is 17.3. The van der Waals surface area contributed by atoms with Crippen LogP contribution < -0.4 is 4.74 Å². The molecule has 2 fully saturated rings. The van der Waals surface area contributed by atoms with E-state index in [1.54, 1.807) is 6.20 Å². The highest BCUT2D eigenvalue weighted by molar-refractivity contribution is 5.89. The fraction of sp³-hybridized carbons (Fsp3) is 0.429. The molecular weight excluding hydrogens is 450 g/mol. The number of rotatable bonds is 6. The molecule has 8 nitrogen and oxygen atoms in total. The fourth-order valence-corrected chi connectivity index (χ4v) is 5.51. The van der Waals surface area contributed by atoms with Gasteiger partial charge in [-0.3, -0.25) is 9.67 Å². The molecule has 0 N–H and O–H groups in total. The van der Waals surface area contributed by atoms with Gasteiger partial charge in [0, 0.05) is 36.6 Å². The number of ether oxygens (including phenoxy) is 1. The van der Waals surface area contributed by atoms with Crippen LogP contribution in [0.25, 0.3) is 22.2 Å². The third-order valence-electron chi connectivity index (χ3n) is 7.55. The summed E-state index contributed by atoms with van der Waals surface area (Å²) in [4.78, 5) is 11.1. The van der Waals surface area contributed by atoms with Gasteiger partial charge in [-0.2, -0.15) is 10.4 Å². The third-order valence-corrected chi connectivity index (χ3v) is 7.55. The Kier molecular flexibility index (Phi) is 5.63. The Balaban J connectivity index is 1.41. The lowest BCUT2D eigenvalue weighted by Gasteiger charge is -2.29. The first kappa shape index (κ1) is 22.6. The van der Waals surface area contributed by atoms with Crippen LogP contribution in [0.15, 0.2) is 42.9 Å². The van der Waals surface area contributed by atoms with Crippen molar-refractivity contribution >= 4 is 11.0 Å². The molecule has 1 saturated carbocycles. The van der Waals surface area contributed by atoms with E-state index in [9.17, 15) is 5.26 Å². The molecule has 6 rings (SSSR count). The Morgan fingerprint density at radius 1 is 1.06 bits per heavy atom. The molecule has 4 heterocycles. The minimum atomic E-state index is -0.192. The van der Waals surface area contributed by atoms with Crippen LogP contribution in [0.2, 0.25) is 0 Å². The molecule has 1 atom stereocenters. The predicted octanol–water partition coefficient (Wildman–Crippen LogP) is 5.50. The van der Waals surface area contributed by atoms with Gasteiger partial charge in [0.05, 0.1) is 29.3 Å². The second kappa shape index (κ2) is 8.98. The number of likely N-dealkylation sites (tertiary alicyclic amines) is 1. The van der Waals surface area contributed by atoms with Gasteiger partial charge in [0.15, 0.2) is 6.19 Å². The van der Waals surface area contributed by atoms with Gasteiger partial charge < -0.3 is 14.2 Å². The molecule has 2 aliphatic rings. The number of hydrogen-bond acceptors (Lipinski definition) is 6. The van der Waals surface area contributed by atoms with Crippen molar-refractivity contribution in [2.24, 2.45) is 0 Å². The molecule has 0 spiro atoms. The fourth-order valence-electron chi connectivity index (χ4n) is 5.51. The van der Waals surface area contributed by atoms with Crippen LogP contribution in [-0.4, -0.2) is 42.3 Å². The number of pyridine rings is 1. The summed E-state index contributed by atoms with van der Waals surface area (Å²) in [6.07, 6.45) is 10.1. The number of nitriles is 1. The first-order valence-corrected chi connectivity index (χ1v) is 12.8. The standard InChI is InChI=1S/C28H31N7O/c1-18-27(19(2)35(32-18)23-9-12-33(16-29)13-10-23)21-14-25-28(34(17-31-25)22-7-8-22)26(15-21)36-20(3)24-6-4-5-11-30-24/h4-6,11,14-15,17,20,22-23H,7-10,12-13H2,1-3H3. The molecule has 0 amide bonds. The van der Waals surface area contributed by atoms with Crippen LogP contribution in [0.1, 0.15) is 67.9 Å². The molecular formula is C28H31N7O. The monoisotopic (exact) mass is 481 g/mol. The zero-order valence-electron chi connectivity index (χ0n) is 21.1. The van der Waals surface area contributed by atoms with E-state index in [-0.39, 0.29) is 6.10 Å². The van der Waals surface area contributed by atoms with Gasteiger partial charge in [-0.05, 0) is 76.3 Å². The summed E-state index contributed by atoms with van der Waals surface area (Å²) in [6, 6.07) is 11.0. The number of aryl methyl sites for hydroxylation is 1. The van der Waals surface area contributed by atoms with Crippen molar-refractivity contribution < 1.29 is 4.74 Å². The highest BCUT2D eigenvalue weighted by atomic mass is 16.5. The Morgan fingerprint density at radius 3 is 2.56 bits per heavy atom. The third kappa shape index (κ3) is 3.98. The summed E-state index contributed by atoms with van der Waals surface area (Å²) in [5.41, 5.74) is 7.25. The summed E-state index contributed by atoms with van der Waals surface area (Å²) in [5.74, 6) is 0.832. The van der Waals surface area contributed by atoms with E-state index in [2.05, 4.69) is 46.4 Å². The van der Waals surface area contributed by atoms with Crippen molar-refractivity contribution in [3.63, 3.8) is 0 Å². The number of aromatic nitrogens is 5. The second-order valence-corrected chi connectivity index (χ2v) is 10.0. The highest BCUT2D eigenvalue weighted by Crippen LogP contribution is 2.43. The molecule has 4 aromatic rings. The topological polar surface area (TPSA) is 84.8 Å². The molecule has 3 aromatic heterocycles. The minimum Gasteiger partial charge on any atom is -0.482 e. The Hall–Kier alpha value is -3.86. The first-order valence-electron chi connectivity index (χ1n) is 12.8. The average molecular weight is 482 g/mol. The first-order chi connectivity index (χ1) is 17.5. The lowest BCUT2D eigenvalue weighted by Crippen LogP contribution is -2.31. The van der Waals surface area contributed by atoms with Gasteiger partial charge in [0.25, 0.3) is 0 Å². The molecule has 0 radical (unpaired) electrons. The summed E-state index contributed by atoms with van der Waals surface area (Å²) < 4.78 is 11.0. The quantitative estimate of drug-likeness (QED) is 0.338. The lowest BCUT2D eigenvalue weighted by molar-refractivity contribution is 0.224. The average Bonchev–Trinajstić information content (AvgIpc) is 3.58. The van der Waals surface area contributed by atoms with Crippen LogP contribution in [0, 0.1) is 25.3 Å². The molecule has 1 unspecified atom stereocenters. The van der Waals surface area contributed by atoms with Gasteiger partial charge in [-0.1, -0.05) is 6.07 Å². The summed E-state index contributed by atoms with van der Waals surface area (Å²) in [7, 11) is 0. The van der Waals surface area contributed by atoms with E-state index < -0.39 is 0 Å². The van der Waals surface area contributed by atoms with Gasteiger partial charge in [0.1, 0.15) is 17.4 Å². The van der Waals surface area contributed by atoms with Crippen LogP contribution in [0.3, 0.4) is 0 Å². The van der Waals surface area contributed by atoms with Crippen molar-refractivity contribution in [1.29, 1.82) is 5.26 Å². The molecule has 1 aliphatic heterocycles. The van der Waals surface area contributed by atoms with E-state index in [4.69, 9.17) is 14.8 Å². The predicted molar refractivity (Wildman–Crippen MR) is 137 cm³/mol. The molecule has 36 heavy (non-hydrogen) atoms. The number of fused-ring (bicyclic) bond motifs is 1. The lowest BCUT2D eigenvalue weighted by atomic mass is 10.0. The van der Waals surface area contributed by atoms with Crippen molar-refractivity contribution in [3.8, 4) is 23.1 Å². The molecule has 184 valence electrons. The van der Waals surface area contributed by atoms with Crippen LogP contribution in [-0.2, 0) is 0 Å². The summed E-state index contributed by atoms with van der Waals surface area (Å²) >= 11 is 0. The van der Waals surface area contributed by atoms with E-state index >= 15 is 0 Å². The van der Waals surface area contributed by atoms with Crippen molar-refractivity contribution in [3.05, 3.63) is 59.9 Å². The van der Waals surface area contributed by atoms with Gasteiger partial charge in [-0.25, -0.2) is 4.98 Å². The van der Waals surface area contributed by atoms with E-state index in [1.807, 2.05) is 36.4 Å². The molecule has 1 aliphatic carbocycles. The van der Waals surface area contributed by atoms with E-state index in [1.165, 1.54) is 12.8 Å².